The number of carbonyl (C=O) groups excluding carboxylic acids is 1. The lowest BCUT2D eigenvalue weighted by Crippen LogP contribution is -2.54. The smallest absolute Gasteiger partial charge is 0.475 e. The summed E-state index contributed by atoms with van der Waals surface area (Å²) in [7, 11) is 0. The lowest BCUT2D eigenvalue weighted by molar-refractivity contribution is -0.192. The van der Waals surface area contributed by atoms with Crippen LogP contribution in [0.2, 0.25) is 5.02 Å². The van der Waals surface area contributed by atoms with Crippen LogP contribution in [-0.4, -0.2) is 58.6 Å². The number of amides is 1. The standard InChI is InChI=1S/C20H21ClN2O.C2HF3O2/c21-18-8-6-15(7-9-18)10-20(24)23-13-17-12-22(19(17)14-23)11-16-4-2-1-3-5-16;3-2(4,5)1(6)7/h1-9,17,19H,10-14H2;(H,6,7). The van der Waals surface area contributed by atoms with Crippen molar-refractivity contribution in [1.29, 1.82) is 0 Å². The number of alkyl halides is 3. The Morgan fingerprint density at radius 2 is 1.58 bits per heavy atom. The summed E-state index contributed by atoms with van der Waals surface area (Å²) in [5.41, 5.74) is 2.38. The van der Waals surface area contributed by atoms with E-state index in [1.54, 1.807) is 0 Å². The first-order valence-corrected chi connectivity index (χ1v) is 10.1. The minimum Gasteiger partial charge on any atom is -0.475 e. The van der Waals surface area contributed by atoms with Gasteiger partial charge >= 0.3 is 12.1 Å². The van der Waals surface area contributed by atoms with Gasteiger partial charge in [0.25, 0.3) is 0 Å². The molecule has 0 bridgehead atoms. The number of benzene rings is 2. The molecule has 2 fully saturated rings. The van der Waals surface area contributed by atoms with Crippen LogP contribution in [0.1, 0.15) is 11.1 Å². The summed E-state index contributed by atoms with van der Waals surface area (Å²) >= 11 is 5.90. The predicted octanol–water partition coefficient (Wildman–Crippen LogP) is 3.86. The number of nitrogens with zero attached hydrogens (tertiary/aromatic N) is 2. The topological polar surface area (TPSA) is 60.9 Å². The number of carbonyl (C=O) groups is 2. The molecule has 2 aromatic rings. The summed E-state index contributed by atoms with van der Waals surface area (Å²) < 4.78 is 31.7. The molecule has 0 aliphatic carbocycles. The van der Waals surface area contributed by atoms with E-state index in [0.29, 0.717) is 23.4 Å². The second-order valence-corrected chi connectivity index (χ2v) is 8.08. The third-order valence-electron chi connectivity index (χ3n) is 5.44. The Bertz CT molecular complexity index is 906. The molecule has 0 aromatic heterocycles. The van der Waals surface area contributed by atoms with Gasteiger partial charge < -0.3 is 10.0 Å². The molecule has 2 heterocycles. The third kappa shape index (κ3) is 6.21. The van der Waals surface area contributed by atoms with Crippen LogP contribution in [0.25, 0.3) is 0 Å². The first-order valence-electron chi connectivity index (χ1n) is 9.74. The largest absolute Gasteiger partial charge is 0.490 e. The molecule has 2 atom stereocenters. The molecule has 4 rings (SSSR count). The van der Waals surface area contributed by atoms with Crippen molar-refractivity contribution in [2.24, 2.45) is 5.92 Å². The zero-order valence-electron chi connectivity index (χ0n) is 16.6. The molecule has 5 nitrogen and oxygen atoms in total. The van der Waals surface area contributed by atoms with Crippen molar-refractivity contribution in [1.82, 2.24) is 9.80 Å². The first kappa shape index (κ1) is 23.1. The summed E-state index contributed by atoms with van der Waals surface area (Å²) in [6, 6.07) is 18.7. The summed E-state index contributed by atoms with van der Waals surface area (Å²) in [5, 5.41) is 7.84. The SMILES string of the molecule is O=C(Cc1ccc(Cl)cc1)N1CC2CN(Cc3ccccc3)C2C1.O=C(O)C(F)(F)F. The molecule has 166 valence electrons. The number of likely N-dealkylation sites (tertiary alicyclic amines) is 2. The molecular weight excluding hydrogens is 433 g/mol. The van der Waals surface area contributed by atoms with Gasteiger partial charge in [-0.05, 0) is 23.3 Å². The molecule has 1 N–H and O–H groups in total. The molecule has 31 heavy (non-hydrogen) atoms. The highest BCUT2D eigenvalue weighted by Crippen LogP contribution is 2.33. The average molecular weight is 455 g/mol. The van der Waals surface area contributed by atoms with Gasteiger partial charge in [-0.25, -0.2) is 4.79 Å². The Morgan fingerprint density at radius 1 is 0.968 bits per heavy atom. The van der Waals surface area contributed by atoms with E-state index in [4.69, 9.17) is 21.5 Å². The van der Waals surface area contributed by atoms with Crippen LogP contribution in [0, 0.1) is 5.92 Å². The molecule has 2 saturated heterocycles. The van der Waals surface area contributed by atoms with Crippen molar-refractivity contribution in [2.75, 3.05) is 19.6 Å². The van der Waals surface area contributed by atoms with Gasteiger partial charge in [-0.3, -0.25) is 9.69 Å². The molecule has 2 aliphatic rings. The molecule has 2 aliphatic heterocycles. The van der Waals surface area contributed by atoms with E-state index in [9.17, 15) is 18.0 Å². The first-order chi connectivity index (χ1) is 14.6. The number of rotatable bonds is 4. The molecule has 2 unspecified atom stereocenters. The van der Waals surface area contributed by atoms with Crippen LogP contribution in [0.4, 0.5) is 13.2 Å². The van der Waals surface area contributed by atoms with Crippen molar-refractivity contribution >= 4 is 23.5 Å². The maximum atomic E-state index is 12.6. The van der Waals surface area contributed by atoms with Gasteiger partial charge in [-0.2, -0.15) is 13.2 Å². The monoisotopic (exact) mass is 454 g/mol. The van der Waals surface area contributed by atoms with E-state index < -0.39 is 12.1 Å². The number of halogens is 4. The van der Waals surface area contributed by atoms with Crippen LogP contribution in [-0.2, 0) is 22.6 Å². The Labute approximate surface area is 183 Å². The van der Waals surface area contributed by atoms with Crippen LogP contribution < -0.4 is 0 Å². The fourth-order valence-electron chi connectivity index (χ4n) is 3.84. The minimum atomic E-state index is -5.08. The molecule has 9 heteroatoms. The normalized spacial score (nSPS) is 20.3. The molecule has 0 radical (unpaired) electrons. The van der Waals surface area contributed by atoms with Crippen LogP contribution >= 0.6 is 11.6 Å². The van der Waals surface area contributed by atoms with Gasteiger partial charge in [0.1, 0.15) is 0 Å². The number of hydrogen-bond donors (Lipinski definition) is 1. The number of hydrogen-bond acceptors (Lipinski definition) is 3. The Morgan fingerprint density at radius 3 is 2.16 bits per heavy atom. The molecule has 1 amide bonds. The lowest BCUT2D eigenvalue weighted by atomic mass is 9.91. The second kappa shape index (κ2) is 9.70. The lowest BCUT2D eigenvalue weighted by Gasteiger charge is -2.43. The van der Waals surface area contributed by atoms with Crippen molar-refractivity contribution in [2.45, 2.75) is 25.2 Å². The Hall–Kier alpha value is -2.58. The average Bonchev–Trinajstić information content (AvgIpc) is 3.05. The number of carboxylic acids is 1. The maximum absolute atomic E-state index is 12.6. The molecule has 0 saturated carbocycles. The van der Waals surface area contributed by atoms with Crippen LogP contribution in [0.3, 0.4) is 0 Å². The van der Waals surface area contributed by atoms with E-state index >= 15 is 0 Å². The van der Waals surface area contributed by atoms with E-state index in [2.05, 4.69) is 35.2 Å². The highest BCUT2D eigenvalue weighted by Gasteiger charge is 2.46. The molecular formula is C22H22ClF3N2O3. The van der Waals surface area contributed by atoms with Crippen molar-refractivity contribution in [3.8, 4) is 0 Å². The minimum absolute atomic E-state index is 0.228. The van der Waals surface area contributed by atoms with Crippen LogP contribution in [0.5, 0.6) is 0 Å². The third-order valence-corrected chi connectivity index (χ3v) is 5.69. The fraction of sp³-hybridized carbons (Fsp3) is 0.364. The van der Waals surface area contributed by atoms with Gasteiger partial charge in [0.05, 0.1) is 6.42 Å². The molecule has 2 aromatic carbocycles. The van der Waals surface area contributed by atoms with Crippen LogP contribution in [0.15, 0.2) is 54.6 Å². The van der Waals surface area contributed by atoms with Gasteiger partial charge in [0, 0.05) is 43.2 Å². The number of carboxylic acid groups (broad SMARTS) is 1. The van der Waals surface area contributed by atoms with Crippen molar-refractivity contribution < 1.29 is 27.9 Å². The van der Waals surface area contributed by atoms with Gasteiger partial charge in [0.2, 0.25) is 5.91 Å². The van der Waals surface area contributed by atoms with Gasteiger partial charge in [0.15, 0.2) is 0 Å². The van der Waals surface area contributed by atoms with Gasteiger partial charge in [-0.15, -0.1) is 0 Å². The molecule has 0 spiro atoms. The zero-order valence-corrected chi connectivity index (χ0v) is 17.3. The van der Waals surface area contributed by atoms with Crippen molar-refractivity contribution in [3.63, 3.8) is 0 Å². The fourth-order valence-corrected chi connectivity index (χ4v) is 3.96. The predicted molar refractivity (Wildman–Crippen MR) is 110 cm³/mol. The zero-order chi connectivity index (χ0) is 22.6. The number of fused-ring (bicyclic) bond motifs is 1. The Kier molecular flexibility index (Phi) is 7.23. The highest BCUT2D eigenvalue weighted by atomic mass is 35.5. The summed E-state index contributed by atoms with van der Waals surface area (Å²) in [4.78, 5) is 26.0. The van der Waals surface area contributed by atoms with Gasteiger partial charge in [-0.1, -0.05) is 54.1 Å². The van der Waals surface area contributed by atoms with E-state index in [1.807, 2.05) is 29.2 Å². The highest BCUT2D eigenvalue weighted by molar-refractivity contribution is 6.30. The quantitative estimate of drug-likeness (QED) is 0.762. The summed E-state index contributed by atoms with van der Waals surface area (Å²) in [6.45, 7) is 3.86. The van der Waals surface area contributed by atoms with E-state index in [0.717, 1.165) is 31.7 Å². The van der Waals surface area contributed by atoms with E-state index in [1.165, 1.54) is 5.56 Å². The summed E-state index contributed by atoms with van der Waals surface area (Å²) in [5.74, 6) is -1.89. The van der Waals surface area contributed by atoms with Crippen molar-refractivity contribution in [3.05, 3.63) is 70.7 Å². The maximum Gasteiger partial charge on any atom is 0.490 e. The van der Waals surface area contributed by atoms with E-state index in [-0.39, 0.29) is 5.91 Å². The summed E-state index contributed by atoms with van der Waals surface area (Å²) in [6.07, 6.45) is -4.62. The second-order valence-electron chi connectivity index (χ2n) is 7.65. The number of aliphatic carboxylic acids is 1. The Balaban J connectivity index is 0.000000339.